The second-order valence-corrected chi connectivity index (χ2v) is 1.30. The van der Waals surface area contributed by atoms with Crippen molar-refractivity contribution in [2.45, 2.75) is 6.10 Å². The van der Waals surface area contributed by atoms with Gasteiger partial charge < -0.3 is 9.47 Å². The molecule has 0 aliphatic heterocycles. The van der Waals surface area contributed by atoms with Crippen LogP contribution >= 0.6 is 0 Å². The Labute approximate surface area is 48.6 Å². The molecule has 1 unspecified atom stereocenters. The van der Waals surface area contributed by atoms with Gasteiger partial charge >= 0.3 is 0 Å². The van der Waals surface area contributed by atoms with Gasteiger partial charge in [0.1, 0.15) is 6.10 Å². The van der Waals surface area contributed by atoms with Crippen LogP contribution in [0.1, 0.15) is 0 Å². The molecule has 0 fully saturated rings. The van der Waals surface area contributed by atoms with Crippen molar-refractivity contribution in [1.29, 1.82) is 0 Å². The first-order valence-electron chi connectivity index (χ1n) is 2.24. The van der Waals surface area contributed by atoms with Gasteiger partial charge in [-0.2, -0.15) is 0 Å². The maximum Gasteiger partial charge on any atom is 0.232 e. The van der Waals surface area contributed by atoms with Gasteiger partial charge in [-0.15, -0.1) is 0 Å². The average Bonchev–Trinajstić information content (AvgIpc) is 1.83. The third kappa shape index (κ3) is 2.71. The molecule has 0 saturated carbocycles. The van der Waals surface area contributed by atoms with E-state index in [0.717, 1.165) is 0 Å². The third-order valence-electron chi connectivity index (χ3n) is 0.734. The van der Waals surface area contributed by atoms with Crippen molar-refractivity contribution < 1.29 is 14.3 Å². The maximum absolute atomic E-state index is 9.80. The summed E-state index contributed by atoms with van der Waals surface area (Å²) < 4.78 is 9.19. The Morgan fingerprint density at radius 3 is 2.38 bits per heavy atom. The van der Waals surface area contributed by atoms with Gasteiger partial charge in [0, 0.05) is 14.2 Å². The zero-order chi connectivity index (χ0) is 6.41. The van der Waals surface area contributed by atoms with Crippen molar-refractivity contribution in [1.82, 2.24) is 0 Å². The number of hydrogen-bond donors (Lipinski definition) is 0. The third-order valence-corrected chi connectivity index (χ3v) is 0.734. The van der Waals surface area contributed by atoms with Crippen LogP contribution in [-0.4, -0.2) is 33.2 Å². The quantitative estimate of drug-likeness (QED) is 0.509. The predicted molar refractivity (Wildman–Crippen MR) is 28.4 cm³/mol. The van der Waals surface area contributed by atoms with Gasteiger partial charge in [0.2, 0.25) is 6.29 Å². The molecule has 0 heterocycles. The topological polar surface area (TPSA) is 35.5 Å². The second kappa shape index (κ2) is 4.74. The molecule has 0 N–H and O–H groups in total. The molecule has 0 saturated heterocycles. The van der Waals surface area contributed by atoms with Crippen molar-refractivity contribution in [3.05, 3.63) is 0 Å². The number of rotatable bonds is 4. The number of carbonyl (C=O) groups excluding carboxylic acids is 1. The van der Waals surface area contributed by atoms with E-state index in [4.69, 9.17) is 0 Å². The van der Waals surface area contributed by atoms with Crippen molar-refractivity contribution in [2.75, 3.05) is 20.8 Å². The molecule has 0 aromatic rings. The van der Waals surface area contributed by atoms with Crippen molar-refractivity contribution in [3.8, 4) is 0 Å². The van der Waals surface area contributed by atoms with Crippen LogP contribution in [0.25, 0.3) is 0 Å². The Morgan fingerprint density at radius 1 is 1.62 bits per heavy atom. The summed E-state index contributed by atoms with van der Waals surface area (Å²) in [5.74, 6) is 0. The van der Waals surface area contributed by atoms with E-state index in [1.807, 2.05) is 0 Å². The molecule has 0 aliphatic carbocycles. The molecular weight excluding hydrogens is 108 g/mol. The van der Waals surface area contributed by atoms with Crippen molar-refractivity contribution in [2.24, 2.45) is 0 Å². The molecule has 1 atom stereocenters. The van der Waals surface area contributed by atoms with Crippen LogP contribution in [-0.2, 0) is 14.3 Å². The fourth-order valence-corrected chi connectivity index (χ4v) is 0.302. The summed E-state index contributed by atoms with van der Waals surface area (Å²) in [6.07, 6.45) is 1.13. The molecule has 0 rings (SSSR count). The highest BCUT2D eigenvalue weighted by atomic mass is 16.5. The molecule has 0 aromatic carbocycles. The molecular formula is C5H9O3. The summed E-state index contributed by atoms with van der Waals surface area (Å²) in [5.41, 5.74) is 0. The van der Waals surface area contributed by atoms with Gasteiger partial charge in [-0.3, -0.25) is 4.79 Å². The van der Waals surface area contributed by atoms with E-state index in [0.29, 0.717) is 0 Å². The Bertz CT molecular complexity index is 62.7. The maximum atomic E-state index is 9.80. The van der Waals surface area contributed by atoms with E-state index in [1.165, 1.54) is 14.2 Å². The Balaban J connectivity index is 3.21. The lowest BCUT2D eigenvalue weighted by Crippen LogP contribution is -2.18. The zero-order valence-corrected chi connectivity index (χ0v) is 5.01. The highest BCUT2D eigenvalue weighted by Crippen LogP contribution is 1.82. The van der Waals surface area contributed by atoms with Crippen LogP contribution in [0.4, 0.5) is 0 Å². The largest absolute Gasteiger partial charge is 0.381 e. The van der Waals surface area contributed by atoms with Gasteiger partial charge in [-0.1, -0.05) is 0 Å². The van der Waals surface area contributed by atoms with E-state index in [2.05, 4.69) is 9.47 Å². The van der Waals surface area contributed by atoms with Crippen LogP contribution in [0.15, 0.2) is 0 Å². The Morgan fingerprint density at radius 2 is 2.25 bits per heavy atom. The summed E-state index contributed by atoms with van der Waals surface area (Å²) >= 11 is 0. The predicted octanol–water partition coefficient (Wildman–Crippen LogP) is -0.242. The summed E-state index contributed by atoms with van der Waals surface area (Å²) in [4.78, 5) is 9.80. The summed E-state index contributed by atoms with van der Waals surface area (Å²) in [5, 5.41) is 0. The fraction of sp³-hybridized carbons (Fsp3) is 0.800. The Kier molecular flexibility index (Phi) is 4.50. The number of ether oxygens (including phenoxy) is 2. The standard InChI is InChI=1S/C5H9O3/c1-7-4-5(3-6)8-2/h5H,4H2,1-2H3. The van der Waals surface area contributed by atoms with E-state index in [-0.39, 0.29) is 6.61 Å². The molecule has 0 aliphatic rings. The van der Waals surface area contributed by atoms with E-state index >= 15 is 0 Å². The minimum absolute atomic E-state index is 0.278. The van der Waals surface area contributed by atoms with E-state index in [1.54, 1.807) is 6.29 Å². The first-order chi connectivity index (χ1) is 3.85. The molecule has 3 heteroatoms. The van der Waals surface area contributed by atoms with Crippen LogP contribution in [0.2, 0.25) is 0 Å². The van der Waals surface area contributed by atoms with Gasteiger partial charge in [0.25, 0.3) is 0 Å². The highest BCUT2D eigenvalue weighted by Gasteiger charge is 2.02. The normalized spacial score (nSPS) is 13.2. The number of hydrogen-bond acceptors (Lipinski definition) is 3. The van der Waals surface area contributed by atoms with E-state index < -0.39 is 6.10 Å². The van der Waals surface area contributed by atoms with Crippen LogP contribution in [0.5, 0.6) is 0 Å². The summed E-state index contributed by atoms with van der Waals surface area (Å²) in [6, 6.07) is 0. The van der Waals surface area contributed by atoms with Crippen molar-refractivity contribution in [3.63, 3.8) is 0 Å². The molecule has 3 nitrogen and oxygen atoms in total. The lowest BCUT2D eigenvalue weighted by atomic mass is 10.4. The van der Waals surface area contributed by atoms with Gasteiger partial charge in [0.15, 0.2) is 0 Å². The van der Waals surface area contributed by atoms with Crippen molar-refractivity contribution >= 4 is 6.29 Å². The molecule has 0 bridgehead atoms. The molecule has 0 spiro atoms. The van der Waals surface area contributed by atoms with Crippen LogP contribution < -0.4 is 0 Å². The van der Waals surface area contributed by atoms with Crippen LogP contribution in [0.3, 0.4) is 0 Å². The SMILES string of the molecule is COCC([C]=O)OC. The molecule has 1 radical (unpaired) electrons. The lowest BCUT2D eigenvalue weighted by Gasteiger charge is -2.02. The minimum atomic E-state index is -0.528. The monoisotopic (exact) mass is 117 g/mol. The smallest absolute Gasteiger partial charge is 0.232 e. The first-order valence-corrected chi connectivity index (χ1v) is 2.24. The summed E-state index contributed by atoms with van der Waals surface area (Å²) in [6.45, 7) is 0.278. The van der Waals surface area contributed by atoms with Crippen LogP contribution in [0, 0.1) is 0 Å². The lowest BCUT2D eigenvalue weighted by molar-refractivity contribution is 0.0668. The average molecular weight is 117 g/mol. The molecule has 47 valence electrons. The van der Waals surface area contributed by atoms with Gasteiger partial charge in [-0.05, 0) is 0 Å². The molecule has 0 aromatic heterocycles. The summed E-state index contributed by atoms with van der Waals surface area (Å²) in [7, 11) is 2.94. The minimum Gasteiger partial charge on any atom is -0.381 e. The zero-order valence-electron chi connectivity index (χ0n) is 5.01. The van der Waals surface area contributed by atoms with E-state index in [9.17, 15) is 4.79 Å². The molecule has 8 heavy (non-hydrogen) atoms. The fourth-order valence-electron chi connectivity index (χ4n) is 0.302. The second-order valence-electron chi connectivity index (χ2n) is 1.30. The highest BCUT2D eigenvalue weighted by molar-refractivity contribution is 5.56. The first kappa shape index (κ1) is 7.59. The Hall–Kier alpha value is -0.410. The number of methoxy groups -OCH3 is 2. The van der Waals surface area contributed by atoms with Gasteiger partial charge in [0.05, 0.1) is 6.61 Å². The molecule has 0 amide bonds. The van der Waals surface area contributed by atoms with Gasteiger partial charge in [-0.25, -0.2) is 0 Å².